The third kappa shape index (κ3) is 4.29. The van der Waals surface area contributed by atoms with Crippen LogP contribution in [0.5, 0.6) is 0 Å². The van der Waals surface area contributed by atoms with Gasteiger partial charge in [-0.25, -0.2) is 9.97 Å². The van der Waals surface area contributed by atoms with Crippen molar-refractivity contribution < 1.29 is 4.79 Å². The summed E-state index contributed by atoms with van der Waals surface area (Å²) in [7, 11) is 0. The van der Waals surface area contributed by atoms with Crippen molar-refractivity contribution in [2.45, 2.75) is 32.7 Å². The molecule has 7 heteroatoms. The fraction of sp³-hybridized carbons (Fsp3) is 0.438. The van der Waals surface area contributed by atoms with E-state index in [1.165, 1.54) is 30.6 Å². The van der Waals surface area contributed by atoms with Gasteiger partial charge in [-0.15, -0.1) is 11.3 Å². The minimum Gasteiger partial charge on any atom is -0.357 e. The summed E-state index contributed by atoms with van der Waals surface area (Å²) in [5.41, 5.74) is 0.934. The number of aromatic nitrogens is 2. The number of rotatable bonds is 4. The highest BCUT2D eigenvalue weighted by Crippen LogP contribution is 2.20. The number of aryl methyl sites for hydroxylation is 1. The second-order valence-corrected chi connectivity index (χ2v) is 7.47. The fourth-order valence-corrected chi connectivity index (χ4v) is 4.00. The van der Waals surface area contributed by atoms with Crippen molar-refractivity contribution in [3.63, 3.8) is 0 Å². The number of halogens is 1. The summed E-state index contributed by atoms with van der Waals surface area (Å²) >= 11 is 4.77. The quantitative estimate of drug-likeness (QED) is 0.861. The van der Waals surface area contributed by atoms with Gasteiger partial charge in [0, 0.05) is 34.7 Å². The number of hydrogen-bond donors (Lipinski definition) is 1. The number of carbonyl (C=O) groups excluding carboxylic acids is 1. The molecule has 1 amide bonds. The number of piperidine rings is 1. The lowest BCUT2D eigenvalue weighted by molar-refractivity contribution is 0.0954. The van der Waals surface area contributed by atoms with Crippen molar-refractivity contribution in [3.05, 3.63) is 38.4 Å². The van der Waals surface area contributed by atoms with Gasteiger partial charge in [0.15, 0.2) is 0 Å². The zero-order valence-corrected chi connectivity index (χ0v) is 15.4. The van der Waals surface area contributed by atoms with Crippen molar-refractivity contribution in [3.8, 4) is 0 Å². The van der Waals surface area contributed by atoms with Crippen molar-refractivity contribution >= 4 is 39.0 Å². The maximum atomic E-state index is 12.1. The maximum absolute atomic E-state index is 12.1. The molecule has 0 aromatic carbocycles. The normalized spacial score (nSPS) is 14.8. The summed E-state index contributed by atoms with van der Waals surface area (Å²) in [6, 6.07) is 3.84. The van der Waals surface area contributed by atoms with Gasteiger partial charge in [-0.2, -0.15) is 0 Å². The molecule has 3 heterocycles. The van der Waals surface area contributed by atoms with Crippen LogP contribution in [-0.2, 0) is 6.54 Å². The van der Waals surface area contributed by atoms with E-state index >= 15 is 0 Å². The summed E-state index contributed by atoms with van der Waals surface area (Å²) in [5.74, 6) is 1.54. The van der Waals surface area contributed by atoms with E-state index in [9.17, 15) is 4.79 Å². The Morgan fingerprint density at radius 1 is 1.30 bits per heavy atom. The predicted molar refractivity (Wildman–Crippen MR) is 96.0 cm³/mol. The Balaban J connectivity index is 1.67. The number of carbonyl (C=O) groups is 1. The standard InChI is InChI=1S/C16H19BrN4OS/c1-11-7-15(21-5-3-2-4-6-21)20-14(19-11)9-18-16(22)13-8-12(17)10-23-13/h7-8,10H,2-6,9H2,1H3,(H,18,22). The molecule has 0 radical (unpaired) electrons. The number of hydrogen-bond acceptors (Lipinski definition) is 5. The lowest BCUT2D eigenvalue weighted by atomic mass is 10.1. The Morgan fingerprint density at radius 2 is 2.09 bits per heavy atom. The Morgan fingerprint density at radius 3 is 2.78 bits per heavy atom. The van der Waals surface area contributed by atoms with E-state index in [1.54, 1.807) is 0 Å². The molecule has 0 aliphatic carbocycles. The SMILES string of the molecule is Cc1cc(N2CCCCC2)nc(CNC(=O)c2cc(Br)cs2)n1. The van der Waals surface area contributed by atoms with Crippen LogP contribution in [0.15, 0.2) is 22.0 Å². The molecule has 1 fully saturated rings. The Hall–Kier alpha value is -1.47. The minimum atomic E-state index is -0.0923. The molecule has 0 atom stereocenters. The topological polar surface area (TPSA) is 58.1 Å². The van der Waals surface area contributed by atoms with E-state index < -0.39 is 0 Å². The molecule has 0 saturated carbocycles. The molecule has 1 aliphatic heterocycles. The molecule has 5 nitrogen and oxygen atoms in total. The van der Waals surface area contributed by atoms with Gasteiger partial charge in [-0.1, -0.05) is 0 Å². The van der Waals surface area contributed by atoms with E-state index in [2.05, 4.69) is 36.1 Å². The first-order valence-electron chi connectivity index (χ1n) is 7.73. The summed E-state index contributed by atoms with van der Waals surface area (Å²) in [6.45, 7) is 4.41. The van der Waals surface area contributed by atoms with Crippen molar-refractivity contribution in [1.82, 2.24) is 15.3 Å². The molecular formula is C16H19BrN4OS. The monoisotopic (exact) mass is 394 g/mol. The van der Waals surface area contributed by atoms with Gasteiger partial charge in [0.2, 0.25) is 0 Å². The maximum Gasteiger partial charge on any atom is 0.261 e. The second kappa shape index (κ2) is 7.40. The van der Waals surface area contributed by atoms with Gasteiger partial charge in [-0.05, 0) is 48.2 Å². The average molecular weight is 395 g/mol. The minimum absolute atomic E-state index is 0.0923. The van der Waals surface area contributed by atoms with Gasteiger partial charge >= 0.3 is 0 Å². The van der Waals surface area contributed by atoms with Crippen molar-refractivity contribution in [1.29, 1.82) is 0 Å². The number of nitrogens with one attached hydrogen (secondary N) is 1. The molecule has 0 bridgehead atoms. The largest absolute Gasteiger partial charge is 0.357 e. The first-order valence-corrected chi connectivity index (χ1v) is 9.41. The Kier molecular flexibility index (Phi) is 5.27. The van der Waals surface area contributed by atoms with E-state index in [1.807, 2.05) is 24.4 Å². The molecule has 2 aromatic heterocycles. The highest BCUT2D eigenvalue weighted by molar-refractivity contribution is 9.10. The predicted octanol–water partition coefficient (Wildman–Crippen LogP) is 3.53. The van der Waals surface area contributed by atoms with Crippen LogP contribution in [0.2, 0.25) is 0 Å². The summed E-state index contributed by atoms with van der Waals surface area (Å²) in [6.07, 6.45) is 3.71. The zero-order valence-electron chi connectivity index (χ0n) is 13.0. The molecule has 1 N–H and O–H groups in total. The van der Waals surface area contributed by atoms with Crippen molar-refractivity contribution in [2.24, 2.45) is 0 Å². The van der Waals surface area contributed by atoms with Crippen LogP contribution in [0, 0.1) is 6.92 Å². The van der Waals surface area contributed by atoms with E-state index in [4.69, 9.17) is 0 Å². The van der Waals surface area contributed by atoms with Crippen LogP contribution in [0.3, 0.4) is 0 Å². The molecule has 0 unspecified atom stereocenters. The lowest BCUT2D eigenvalue weighted by Crippen LogP contribution is -2.31. The van der Waals surface area contributed by atoms with E-state index in [-0.39, 0.29) is 5.91 Å². The van der Waals surface area contributed by atoms with Crippen LogP contribution in [-0.4, -0.2) is 29.0 Å². The Bertz CT molecular complexity index is 697. The van der Waals surface area contributed by atoms with Gasteiger partial charge in [0.25, 0.3) is 5.91 Å². The van der Waals surface area contributed by atoms with Crippen LogP contribution in [0.1, 0.15) is 40.5 Å². The van der Waals surface area contributed by atoms with Crippen molar-refractivity contribution in [2.75, 3.05) is 18.0 Å². The lowest BCUT2D eigenvalue weighted by Gasteiger charge is -2.28. The Labute approximate surface area is 148 Å². The molecule has 1 saturated heterocycles. The molecule has 2 aromatic rings. The number of anilines is 1. The van der Waals surface area contributed by atoms with Gasteiger partial charge in [0.1, 0.15) is 11.6 Å². The summed E-state index contributed by atoms with van der Waals surface area (Å²) < 4.78 is 0.923. The highest BCUT2D eigenvalue weighted by atomic mass is 79.9. The van der Waals surface area contributed by atoms with Gasteiger partial charge in [-0.3, -0.25) is 4.79 Å². The molecule has 122 valence electrons. The number of thiophene rings is 1. The molecular weight excluding hydrogens is 376 g/mol. The van der Waals surface area contributed by atoms with Crippen LogP contribution in [0.25, 0.3) is 0 Å². The molecule has 0 spiro atoms. The second-order valence-electron chi connectivity index (χ2n) is 5.64. The average Bonchev–Trinajstić information content (AvgIpc) is 2.99. The smallest absolute Gasteiger partial charge is 0.261 e. The van der Waals surface area contributed by atoms with Crippen LogP contribution in [0.4, 0.5) is 5.82 Å². The fourth-order valence-electron chi connectivity index (χ4n) is 2.65. The summed E-state index contributed by atoms with van der Waals surface area (Å²) in [4.78, 5) is 24.2. The number of amides is 1. The van der Waals surface area contributed by atoms with Gasteiger partial charge < -0.3 is 10.2 Å². The molecule has 3 rings (SSSR count). The first kappa shape index (κ1) is 16.4. The third-order valence-electron chi connectivity index (χ3n) is 3.77. The van der Waals surface area contributed by atoms with E-state index in [0.29, 0.717) is 17.2 Å². The van der Waals surface area contributed by atoms with Crippen LogP contribution >= 0.6 is 27.3 Å². The molecule has 1 aliphatic rings. The van der Waals surface area contributed by atoms with Gasteiger partial charge in [0.05, 0.1) is 11.4 Å². The van der Waals surface area contributed by atoms with Crippen LogP contribution < -0.4 is 10.2 Å². The third-order valence-corrected chi connectivity index (χ3v) is 5.46. The first-order chi connectivity index (χ1) is 11.1. The molecule has 23 heavy (non-hydrogen) atoms. The summed E-state index contributed by atoms with van der Waals surface area (Å²) in [5, 5.41) is 4.79. The number of nitrogens with zero attached hydrogens (tertiary/aromatic N) is 3. The van der Waals surface area contributed by atoms with E-state index in [0.717, 1.165) is 29.1 Å². The zero-order chi connectivity index (χ0) is 16.2. The highest BCUT2D eigenvalue weighted by Gasteiger charge is 2.14.